The number of morpholine rings is 1. The van der Waals surface area contributed by atoms with E-state index in [0.717, 1.165) is 57.5 Å². The molecule has 0 radical (unpaired) electrons. The Morgan fingerprint density at radius 1 is 0.909 bits per heavy atom. The largest absolute Gasteiger partial charge is 0.379 e. The van der Waals surface area contributed by atoms with Gasteiger partial charge in [-0.25, -0.2) is 0 Å². The number of carbonyl (C=O) groups is 1. The van der Waals surface area contributed by atoms with Crippen LogP contribution >= 0.6 is 0 Å². The first kappa shape index (κ1) is 34.7. The van der Waals surface area contributed by atoms with Gasteiger partial charge in [0, 0.05) is 25.2 Å². The number of carbonyl (C=O) groups excluding carboxylic acids is 1. The van der Waals surface area contributed by atoms with Crippen molar-refractivity contribution in [2.45, 2.75) is 152 Å². The third-order valence-corrected chi connectivity index (χ3v) is 15.8. The third kappa shape index (κ3) is 5.75. The molecule has 4 aliphatic carbocycles. The van der Waals surface area contributed by atoms with E-state index in [-0.39, 0.29) is 16.4 Å². The van der Waals surface area contributed by atoms with Crippen molar-refractivity contribution in [2.24, 2.45) is 62.6 Å². The van der Waals surface area contributed by atoms with Gasteiger partial charge < -0.3 is 10.1 Å². The number of hydrogen-bond donors (Lipinski definition) is 1. The molecule has 1 saturated heterocycles. The van der Waals surface area contributed by atoms with E-state index in [0.29, 0.717) is 45.8 Å². The predicted octanol–water partition coefficient (Wildman–Crippen LogP) is 9.37. The summed E-state index contributed by atoms with van der Waals surface area (Å²) in [4.78, 5) is 17.4. The zero-order chi connectivity index (χ0) is 32.3. The highest BCUT2D eigenvalue weighted by atomic mass is 16.5. The minimum atomic E-state index is -0.235. The molecule has 0 spiro atoms. The van der Waals surface area contributed by atoms with Crippen molar-refractivity contribution in [3.8, 4) is 0 Å². The van der Waals surface area contributed by atoms with Gasteiger partial charge in [0.25, 0.3) is 0 Å². The van der Waals surface area contributed by atoms with Gasteiger partial charge in [-0.2, -0.15) is 0 Å². The predicted molar refractivity (Wildman–Crippen MR) is 184 cm³/mol. The lowest BCUT2D eigenvalue weighted by Gasteiger charge is -2.68. The molecule has 44 heavy (non-hydrogen) atoms. The summed E-state index contributed by atoms with van der Waals surface area (Å²) in [6.45, 7) is 32.0. The average Bonchev–Trinajstić information content (AvgIpc) is 3.57. The molecule has 1 N–H and O–H groups in total. The molecule has 0 aromatic heterocycles. The first-order valence-electron chi connectivity index (χ1n) is 19.1. The van der Waals surface area contributed by atoms with Crippen LogP contribution in [0.15, 0.2) is 0 Å². The standard InChI is InChI=1S/C40H72N2O2/c1-12-38(10)32(37(9,29(4)5)17-15-28(2)3)14-13-31-33-30(36(8)19-20-36)16-18-40(33,22-21-39(31,38)11)34(43)41-35(6,7)27-42-23-25-44-26-24-42/h28-33H,12-27H2,1-11H3,(H,41,43)/t30-,31-,32-,33-,37+,38-,39-,40+/m1/s1. The normalized spacial score (nSPS) is 40.4. The average molecular weight is 613 g/mol. The Kier molecular flexibility index (Phi) is 9.57. The lowest BCUT2D eigenvalue weighted by Crippen LogP contribution is -2.65. The second-order valence-electron chi connectivity index (χ2n) is 19.2. The Balaban J connectivity index is 1.47. The van der Waals surface area contributed by atoms with E-state index in [1.807, 2.05) is 0 Å². The fraction of sp³-hybridized carbons (Fsp3) is 0.975. The maximum atomic E-state index is 14.9. The Bertz CT molecular complexity index is 1030. The molecule has 5 aliphatic rings. The van der Waals surface area contributed by atoms with E-state index >= 15 is 0 Å². The van der Waals surface area contributed by atoms with E-state index in [2.05, 4.69) is 86.4 Å². The Morgan fingerprint density at radius 2 is 1.57 bits per heavy atom. The number of nitrogens with zero attached hydrogens (tertiary/aromatic N) is 1. The van der Waals surface area contributed by atoms with Crippen LogP contribution in [-0.2, 0) is 9.53 Å². The van der Waals surface area contributed by atoms with Crippen LogP contribution < -0.4 is 5.32 Å². The second kappa shape index (κ2) is 12.1. The maximum Gasteiger partial charge on any atom is 0.226 e. The number of amides is 1. The van der Waals surface area contributed by atoms with Gasteiger partial charge in [-0.15, -0.1) is 0 Å². The maximum absolute atomic E-state index is 14.9. The summed E-state index contributed by atoms with van der Waals surface area (Å²) in [5, 5.41) is 3.72. The molecular formula is C40H72N2O2. The van der Waals surface area contributed by atoms with E-state index in [1.165, 1.54) is 57.8 Å². The summed E-state index contributed by atoms with van der Waals surface area (Å²) in [7, 11) is 0. The van der Waals surface area contributed by atoms with Crippen molar-refractivity contribution in [3.63, 3.8) is 0 Å². The third-order valence-electron chi connectivity index (χ3n) is 15.8. The first-order valence-corrected chi connectivity index (χ1v) is 19.1. The SMILES string of the molecule is CC[C@]1(C)[C@@H]([C@@](C)(CCC(C)C)C(C)C)CC[C@@H]2[C@H]3[C@H](C4(C)CC4)CC[C@]3(C(=O)NC(C)(C)CN3CCOCC3)CC[C@]21C. The van der Waals surface area contributed by atoms with Crippen LogP contribution in [-0.4, -0.2) is 49.2 Å². The minimum absolute atomic E-state index is 0.191. The van der Waals surface area contributed by atoms with Gasteiger partial charge in [0.1, 0.15) is 0 Å². The molecule has 4 nitrogen and oxygen atoms in total. The molecule has 254 valence electrons. The van der Waals surface area contributed by atoms with Crippen LogP contribution in [0.25, 0.3) is 0 Å². The lowest BCUT2D eigenvalue weighted by molar-refractivity contribution is -0.202. The van der Waals surface area contributed by atoms with Crippen LogP contribution in [0.1, 0.15) is 147 Å². The molecule has 1 heterocycles. The smallest absolute Gasteiger partial charge is 0.226 e. The minimum Gasteiger partial charge on any atom is -0.379 e. The van der Waals surface area contributed by atoms with Crippen molar-refractivity contribution >= 4 is 5.91 Å². The van der Waals surface area contributed by atoms with Gasteiger partial charge in [-0.3, -0.25) is 9.69 Å². The van der Waals surface area contributed by atoms with Crippen molar-refractivity contribution in [2.75, 3.05) is 32.8 Å². The fourth-order valence-electron chi connectivity index (χ4n) is 12.1. The number of hydrogen-bond acceptors (Lipinski definition) is 3. The molecular weight excluding hydrogens is 540 g/mol. The van der Waals surface area contributed by atoms with E-state index in [4.69, 9.17) is 4.74 Å². The molecule has 1 aliphatic heterocycles. The lowest BCUT2D eigenvalue weighted by atomic mass is 9.36. The van der Waals surface area contributed by atoms with Crippen molar-refractivity contribution < 1.29 is 9.53 Å². The number of rotatable bonds is 11. The molecule has 0 unspecified atom stereocenters. The molecule has 4 heteroatoms. The highest BCUT2D eigenvalue weighted by molar-refractivity contribution is 5.84. The summed E-state index contributed by atoms with van der Waals surface area (Å²) in [6.07, 6.45) is 14.0. The summed E-state index contributed by atoms with van der Waals surface area (Å²) in [5.41, 5.74) is 0.962. The van der Waals surface area contributed by atoms with Crippen LogP contribution in [0.2, 0.25) is 0 Å². The van der Waals surface area contributed by atoms with Crippen LogP contribution in [0, 0.1) is 62.6 Å². The van der Waals surface area contributed by atoms with Crippen LogP contribution in [0.5, 0.6) is 0 Å². The first-order chi connectivity index (χ1) is 20.5. The van der Waals surface area contributed by atoms with Crippen molar-refractivity contribution in [1.29, 1.82) is 0 Å². The molecule has 0 bridgehead atoms. The van der Waals surface area contributed by atoms with Crippen molar-refractivity contribution in [1.82, 2.24) is 10.2 Å². The molecule has 4 saturated carbocycles. The Labute approximate surface area is 273 Å². The summed E-state index contributed by atoms with van der Waals surface area (Å²) >= 11 is 0. The monoisotopic (exact) mass is 613 g/mol. The fourth-order valence-corrected chi connectivity index (χ4v) is 12.1. The van der Waals surface area contributed by atoms with Gasteiger partial charge >= 0.3 is 0 Å². The number of nitrogens with one attached hydrogen (secondary N) is 1. The van der Waals surface area contributed by atoms with Gasteiger partial charge in [0.15, 0.2) is 0 Å². The quantitative estimate of drug-likeness (QED) is 0.253. The highest BCUT2D eigenvalue weighted by Crippen LogP contribution is 2.76. The van der Waals surface area contributed by atoms with E-state index < -0.39 is 0 Å². The van der Waals surface area contributed by atoms with E-state index in [9.17, 15) is 4.79 Å². The molecule has 0 aromatic rings. The van der Waals surface area contributed by atoms with Gasteiger partial charge in [-0.1, -0.05) is 68.7 Å². The van der Waals surface area contributed by atoms with E-state index in [1.54, 1.807) is 0 Å². The summed E-state index contributed by atoms with van der Waals surface area (Å²) in [6, 6.07) is 0. The van der Waals surface area contributed by atoms with Gasteiger partial charge in [-0.05, 0) is 135 Å². The Morgan fingerprint density at radius 3 is 2.14 bits per heavy atom. The molecule has 8 atom stereocenters. The molecule has 5 rings (SSSR count). The molecule has 5 fully saturated rings. The van der Waals surface area contributed by atoms with Crippen LogP contribution in [0.4, 0.5) is 0 Å². The number of fused-ring (bicyclic) bond motifs is 3. The summed E-state index contributed by atoms with van der Waals surface area (Å²) in [5.74, 6) is 4.47. The zero-order valence-electron chi connectivity index (χ0n) is 31.0. The molecule has 1 amide bonds. The molecule has 0 aromatic carbocycles. The second-order valence-corrected chi connectivity index (χ2v) is 19.2. The van der Waals surface area contributed by atoms with Crippen molar-refractivity contribution in [3.05, 3.63) is 0 Å². The Hall–Kier alpha value is -0.610. The number of ether oxygens (including phenoxy) is 1. The summed E-state index contributed by atoms with van der Waals surface area (Å²) < 4.78 is 5.62. The zero-order valence-corrected chi connectivity index (χ0v) is 31.0. The highest BCUT2D eigenvalue weighted by Gasteiger charge is 2.71. The van der Waals surface area contributed by atoms with Gasteiger partial charge in [0.05, 0.1) is 18.6 Å². The van der Waals surface area contributed by atoms with Crippen LogP contribution in [0.3, 0.4) is 0 Å². The van der Waals surface area contributed by atoms with Gasteiger partial charge in [0.2, 0.25) is 5.91 Å². The topological polar surface area (TPSA) is 41.6 Å².